The molecule has 2 atom stereocenters. The van der Waals surface area contributed by atoms with Crippen molar-refractivity contribution < 1.29 is 19.1 Å². The van der Waals surface area contributed by atoms with Gasteiger partial charge in [-0.2, -0.15) is 5.26 Å². The van der Waals surface area contributed by atoms with Gasteiger partial charge in [-0.1, -0.05) is 31.9 Å². The number of anilines is 1. The third-order valence-corrected chi connectivity index (χ3v) is 5.08. The van der Waals surface area contributed by atoms with Gasteiger partial charge in [0.15, 0.2) is 6.61 Å². The highest BCUT2D eigenvalue weighted by Gasteiger charge is 2.23. The summed E-state index contributed by atoms with van der Waals surface area (Å²) < 4.78 is 4.87. The van der Waals surface area contributed by atoms with Crippen molar-refractivity contribution in [2.75, 3.05) is 25.6 Å². The van der Waals surface area contributed by atoms with E-state index in [0.717, 1.165) is 31.4 Å². The van der Waals surface area contributed by atoms with E-state index in [2.05, 4.69) is 17.6 Å². The van der Waals surface area contributed by atoms with Gasteiger partial charge in [0.25, 0.3) is 5.91 Å². The SMILES string of the molecule is C[C@H]1CCCC[C@@H]1NC(=O)NC(=O)COC(=O)/C(C#N)=C/c1ccc(N(C)C)cc1. The molecule has 0 heterocycles. The van der Waals surface area contributed by atoms with Gasteiger partial charge >= 0.3 is 12.0 Å². The molecular weight excluding hydrogens is 384 g/mol. The lowest BCUT2D eigenvalue weighted by Gasteiger charge is -2.29. The van der Waals surface area contributed by atoms with Crippen LogP contribution in [0.15, 0.2) is 29.8 Å². The first-order chi connectivity index (χ1) is 14.3. The summed E-state index contributed by atoms with van der Waals surface area (Å²) in [6.45, 7) is 1.42. The molecular formula is C22H28N4O4. The lowest BCUT2D eigenvalue weighted by atomic mass is 9.86. The zero-order valence-electron chi connectivity index (χ0n) is 17.6. The van der Waals surface area contributed by atoms with Crippen LogP contribution in [0, 0.1) is 17.2 Å². The predicted octanol–water partition coefficient (Wildman–Crippen LogP) is 2.61. The molecule has 1 saturated carbocycles. The molecule has 8 heteroatoms. The highest BCUT2D eigenvalue weighted by Crippen LogP contribution is 2.23. The Kier molecular flexibility index (Phi) is 8.41. The zero-order valence-corrected chi connectivity index (χ0v) is 17.6. The van der Waals surface area contributed by atoms with Crippen molar-refractivity contribution >= 4 is 29.7 Å². The Hall–Kier alpha value is -3.34. The average Bonchev–Trinajstić information content (AvgIpc) is 2.72. The fraction of sp³-hybridized carbons (Fsp3) is 0.455. The molecule has 160 valence electrons. The Morgan fingerprint density at radius 2 is 1.87 bits per heavy atom. The Bertz CT molecular complexity index is 840. The van der Waals surface area contributed by atoms with E-state index in [1.807, 2.05) is 31.1 Å². The molecule has 0 aliphatic heterocycles. The minimum Gasteiger partial charge on any atom is -0.451 e. The van der Waals surface area contributed by atoms with Crippen LogP contribution in [0.3, 0.4) is 0 Å². The largest absolute Gasteiger partial charge is 0.451 e. The van der Waals surface area contributed by atoms with Crippen molar-refractivity contribution in [3.8, 4) is 6.07 Å². The van der Waals surface area contributed by atoms with E-state index < -0.39 is 24.5 Å². The number of imide groups is 1. The van der Waals surface area contributed by atoms with Gasteiger partial charge in [0.05, 0.1) is 0 Å². The summed E-state index contributed by atoms with van der Waals surface area (Å²) in [5.41, 5.74) is 1.39. The fourth-order valence-corrected chi connectivity index (χ4v) is 3.28. The van der Waals surface area contributed by atoms with Crippen LogP contribution in [-0.2, 0) is 14.3 Å². The molecule has 1 fully saturated rings. The Morgan fingerprint density at radius 3 is 2.47 bits per heavy atom. The second-order valence-electron chi connectivity index (χ2n) is 7.62. The first-order valence-corrected chi connectivity index (χ1v) is 9.96. The zero-order chi connectivity index (χ0) is 22.1. The topological polar surface area (TPSA) is 112 Å². The number of benzene rings is 1. The summed E-state index contributed by atoms with van der Waals surface area (Å²) in [7, 11) is 3.81. The number of rotatable bonds is 6. The first kappa shape index (κ1) is 22.9. The van der Waals surface area contributed by atoms with Gasteiger partial charge in [-0.3, -0.25) is 10.1 Å². The van der Waals surface area contributed by atoms with Crippen molar-refractivity contribution in [2.24, 2.45) is 5.92 Å². The Morgan fingerprint density at radius 1 is 1.20 bits per heavy atom. The number of urea groups is 1. The molecule has 0 bridgehead atoms. The molecule has 0 aromatic heterocycles. The molecule has 1 aromatic carbocycles. The van der Waals surface area contributed by atoms with E-state index in [0.29, 0.717) is 11.5 Å². The third kappa shape index (κ3) is 6.92. The quantitative estimate of drug-likeness (QED) is 0.422. The summed E-state index contributed by atoms with van der Waals surface area (Å²) in [4.78, 5) is 37.9. The van der Waals surface area contributed by atoms with E-state index >= 15 is 0 Å². The molecule has 3 amide bonds. The van der Waals surface area contributed by atoms with E-state index in [-0.39, 0.29) is 11.6 Å². The van der Waals surface area contributed by atoms with Gasteiger partial charge < -0.3 is 15.0 Å². The van der Waals surface area contributed by atoms with E-state index in [1.165, 1.54) is 6.08 Å². The van der Waals surface area contributed by atoms with Crippen molar-refractivity contribution in [3.63, 3.8) is 0 Å². The first-order valence-electron chi connectivity index (χ1n) is 9.96. The molecule has 2 N–H and O–H groups in total. The number of ether oxygens (including phenoxy) is 1. The van der Waals surface area contributed by atoms with Crippen LogP contribution in [0.5, 0.6) is 0 Å². The van der Waals surface area contributed by atoms with Crippen LogP contribution in [0.1, 0.15) is 38.2 Å². The normalized spacial score (nSPS) is 18.7. The number of nitrogens with zero attached hydrogens (tertiary/aromatic N) is 2. The lowest BCUT2D eigenvalue weighted by molar-refractivity contribution is -0.144. The second kappa shape index (κ2) is 11.0. The molecule has 30 heavy (non-hydrogen) atoms. The molecule has 0 radical (unpaired) electrons. The number of hydrogen-bond donors (Lipinski definition) is 2. The number of nitrogens with one attached hydrogen (secondary N) is 2. The van der Waals surface area contributed by atoms with Crippen LogP contribution < -0.4 is 15.5 Å². The van der Waals surface area contributed by atoms with Crippen molar-refractivity contribution in [1.29, 1.82) is 5.26 Å². The van der Waals surface area contributed by atoms with Gasteiger partial charge in [0.2, 0.25) is 0 Å². The molecule has 1 aromatic rings. The molecule has 0 unspecified atom stereocenters. The van der Waals surface area contributed by atoms with Crippen molar-refractivity contribution in [1.82, 2.24) is 10.6 Å². The van der Waals surface area contributed by atoms with Crippen LogP contribution >= 0.6 is 0 Å². The smallest absolute Gasteiger partial charge is 0.349 e. The third-order valence-electron chi connectivity index (χ3n) is 5.08. The number of amides is 3. The van der Waals surface area contributed by atoms with Crippen molar-refractivity contribution in [2.45, 2.75) is 38.6 Å². The summed E-state index contributed by atoms with van der Waals surface area (Å²) in [6, 6.07) is 8.44. The number of carbonyl (C=O) groups excluding carboxylic acids is 3. The number of carbonyl (C=O) groups is 3. The highest BCUT2D eigenvalue weighted by atomic mass is 16.5. The van der Waals surface area contributed by atoms with Gasteiger partial charge in [0.1, 0.15) is 11.6 Å². The molecule has 8 nitrogen and oxygen atoms in total. The minimum atomic E-state index is -0.925. The molecule has 1 aliphatic rings. The Balaban J connectivity index is 1.84. The van der Waals surface area contributed by atoms with Gasteiger partial charge in [-0.05, 0) is 42.5 Å². The Labute approximate surface area is 176 Å². The van der Waals surface area contributed by atoms with Gasteiger partial charge in [0, 0.05) is 25.8 Å². The van der Waals surface area contributed by atoms with E-state index in [4.69, 9.17) is 4.74 Å². The average molecular weight is 412 g/mol. The molecule has 1 aliphatic carbocycles. The molecule has 0 saturated heterocycles. The maximum atomic E-state index is 12.1. The lowest BCUT2D eigenvalue weighted by Crippen LogP contribution is -2.48. The monoisotopic (exact) mass is 412 g/mol. The van der Waals surface area contributed by atoms with Crippen LogP contribution in [0.2, 0.25) is 0 Å². The summed E-state index contributed by atoms with van der Waals surface area (Å²) >= 11 is 0. The number of hydrogen-bond acceptors (Lipinski definition) is 6. The maximum absolute atomic E-state index is 12.1. The van der Waals surface area contributed by atoms with E-state index in [1.54, 1.807) is 18.2 Å². The van der Waals surface area contributed by atoms with Gasteiger partial charge in [-0.15, -0.1) is 0 Å². The minimum absolute atomic E-state index is 0.0288. The van der Waals surface area contributed by atoms with E-state index in [9.17, 15) is 19.6 Å². The van der Waals surface area contributed by atoms with Crippen LogP contribution in [-0.4, -0.2) is 44.7 Å². The fourth-order valence-electron chi connectivity index (χ4n) is 3.28. The summed E-state index contributed by atoms with van der Waals surface area (Å²) in [5.74, 6) is -1.32. The maximum Gasteiger partial charge on any atom is 0.349 e. The molecule has 0 spiro atoms. The van der Waals surface area contributed by atoms with Crippen LogP contribution in [0.25, 0.3) is 6.08 Å². The predicted molar refractivity (Wildman–Crippen MR) is 113 cm³/mol. The number of esters is 1. The highest BCUT2D eigenvalue weighted by molar-refractivity contribution is 6.00. The summed E-state index contributed by atoms with van der Waals surface area (Å²) in [6.07, 6.45) is 5.49. The molecule has 2 rings (SSSR count). The standard InChI is InChI=1S/C22H28N4O4/c1-15-6-4-5-7-19(15)24-22(29)25-20(27)14-30-21(28)17(13-23)12-16-8-10-18(11-9-16)26(2)3/h8-12,15,19H,4-7,14H2,1-3H3,(H2,24,25,27,29)/b17-12+/t15-,19-/m0/s1. The van der Waals surface area contributed by atoms with Gasteiger partial charge in [-0.25, -0.2) is 9.59 Å². The van der Waals surface area contributed by atoms with Crippen molar-refractivity contribution in [3.05, 3.63) is 35.4 Å². The summed E-state index contributed by atoms with van der Waals surface area (Å²) in [5, 5.41) is 14.2. The van der Waals surface area contributed by atoms with Crippen LogP contribution in [0.4, 0.5) is 10.5 Å². The second-order valence-corrected chi connectivity index (χ2v) is 7.62. The number of nitriles is 1.